The number of aryl methyl sites for hydroxylation is 1. The van der Waals surface area contributed by atoms with Crippen LogP contribution in [0, 0.1) is 6.92 Å². The number of benzene rings is 1. The molecule has 2 rings (SSSR count). The Bertz CT molecular complexity index is 522. The van der Waals surface area contributed by atoms with Crippen LogP contribution in [0.2, 0.25) is 0 Å². The molecule has 0 saturated heterocycles. The van der Waals surface area contributed by atoms with Crippen molar-refractivity contribution in [1.82, 2.24) is 10.3 Å². The fourth-order valence-electron chi connectivity index (χ4n) is 1.74. The molecule has 0 aliphatic heterocycles. The zero-order chi connectivity index (χ0) is 13.0. The molecule has 0 saturated carbocycles. The first kappa shape index (κ1) is 13.3. The van der Waals surface area contributed by atoms with Crippen molar-refractivity contribution < 1.29 is 4.42 Å². The van der Waals surface area contributed by atoms with Gasteiger partial charge in [0.05, 0.1) is 6.20 Å². The number of halogens is 1. The first-order valence-corrected chi connectivity index (χ1v) is 6.92. The van der Waals surface area contributed by atoms with E-state index in [1.165, 1.54) is 5.56 Å². The van der Waals surface area contributed by atoms with Crippen LogP contribution in [0.25, 0.3) is 11.3 Å². The van der Waals surface area contributed by atoms with Gasteiger partial charge in [-0.05, 0) is 31.2 Å². The molecule has 1 aromatic carbocycles. The number of nitrogens with zero attached hydrogens (tertiary/aromatic N) is 1. The minimum atomic E-state index is 0.776. The summed E-state index contributed by atoms with van der Waals surface area (Å²) in [6.07, 6.45) is 2.61. The Morgan fingerprint density at radius 3 is 2.94 bits per heavy atom. The molecule has 0 fully saturated rings. The molecule has 3 nitrogen and oxygen atoms in total. The molecule has 0 atom stereocenters. The number of hydrogen-bond donors (Lipinski definition) is 1. The molecule has 1 aromatic heterocycles. The number of rotatable bonds is 5. The molecule has 0 aliphatic rings. The molecule has 4 heteroatoms. The van der Waals surface area contributed by atoms with Crippen LogP contribution in [0.5, 0.6) is 0 Å². The highest BCUT2D eigenvalue weighted by molar-refractivity contribution is 9.10. The first-order valence-electron chi connectivity index (χ1n) is 6.12. The molecule has 0 radical (unpaired) electrons. The van der Waals surface area contributed by atoms with E-state index in [-0.39, 0.29) is 0 Å². The van der Waals surface area contributed by atoms with Crippen LogP contribution in [-0.4, -0.2) is 18.1 Å². The predicted octanol–water partition coefficient (Wildman–Crippen LogP) is 3.56. The summed E-state index contributed by atoms with van der Waals surface area (Å²) in [5.74, 6) is 1.59. The number of aromatic nitrogens is 1. The van der Waals surface area contributed by atoms with Crippen LogP contribution in [0.4, 0.5) is 0 Å². The Kier molecular flexibility index (Phi) is 4.55. The number of hydrogen-bond acceptors (Lipinski definition) is 3. The minimum Gasteiger partial charge on any atom is -0.441 e. The summed E-state index contributed by atoms with van der Waals surface area (Å²) in [4.78, 5) is 4.30. The summed E-state index contributed by atoms with van der Waals surface area (Å²) >= 11 is 3.56. The molecule has 0 aliphatic carbocycles. The van der Waals surface area contributed by atoms with Crippen molar-refractivity contribution in [2.75, 3.05) is 13.1 Å². The van der Waals surface area contributed by atoms with Crippen LogP contribution in [0.1, 0.15) is 18.4 Å². The Labute approximate surface area is 116 Å². The van der Waals surface area contributed by atoms with Crippen molar-refractivity contribution >= 4 is 15.9 Å². The van der Waals surface area contributed by atoms with Crippen molar-refractivity contribution in [3.8, 4) is 11.3 Å². The van der Waals surface area contributed by atoms with Gasteiger partial charge < -0.3 is 9.73 Å². The van der Waals surface area contributed by atoms with E-state index in [4.69, 9.17) is 4.42 Å². The summed E-state index contributed by atoms with van der Waals surface area (Å²) in [5, 5.41) is 3.26. The van der Waals surface area contributed by atoms with E-state index in [1.807, 2.05) is 6.07 Å². The van der Waals surface area contributed by atoms with E-state index in [0.717, 1.165) is 41.2 Å². The maximum absolute atomic E-state index is 5.76. The quantitative estimate of drug-likeness (QED) is 0.858. The van der Waals surface area contributed by atoms with E-state index >= 15 is 0 Å². The smallest absolute Gasteiger partial charge is 0.196 e. The van der Waals surface area contributed by atoms with Crippen LogP contribution in [0.3, 0.4) is 0 Å². The molecule has 0 bridgehead atoms. The molecule has 0 unspecified atom stereocenters. The van der Waals surface area contributed by atoms with E-state index in [1.54, 1.807) is 6.20 Å². The van der Waals surface area contributed by atoms with Gasteiger partial charge in [-0.25, -0.2) is 4.98 Å². The third-order valence-corrected chi connectivity index (χ3v) is 3.37. The molecule has 2 aromatic rings. The highest BCUT2D eigenvalue weighted by atomic mass is 79.9. The normalized spacial score (nSPS) is 10.8. The third kappa shape index (κ3) is 3.21. The molecule has 1 N–H and O–H groups in total. The molecule has 0 spiro atoms. The van der Waals surface area contributed by atoms with Gasteiger partial charge in [-0.3, -0.25) is 0 Å². The van der Waals surface area contributed by atoms with Crippen molar-refractivity contribution in [3.63, 3.8) is 0 Å². The fourth-order valence-corrected chi connectivity index (χ4v) is 2.43. The second kappa shape index (κ2) is 6.16. The number of oxazole rings is 1. The standard InChI is InChI=1S/C14H17BrN2O/c1-3-16-7-6-14-17-9-13(18-14)11-5-4-10(2)8-12(11)15/h4-5,8-9,16H,3,6-7H2,1-2H3. The van der Waals surface area contributed by atoms with Gasteiger partial charge in [0.2, 0.25) is 0 Å². The number of nitrogens with one attached hydrogen (secondary N) is 1. The SMILES string of the molecule is CCNCCc1ncc(-c2ccc(C)cc2Br)o1. The highest BCUT2D eigenvalue weighted by Gasteiger charge is 2.09. The van der Waals surface area contributed by atoms with Crippen molar-refractivity contribution in [3.05, 3.63) is 40.3 Å². The molecule has 0 amide bonds. The van der Waals surface area contributed by atoms with E-state index < -0.39 is 0 Å². The van der Waals surface area contributed by atoms with E-state index in [2.05, 4.69) is 52.2 Å². The maximum Gasteiger partial charge on any atom is 0.196 e. The Hall–Kier alpha value is -1.13. The second-order valence-corrected chi connectivity index (χ2v) is 5.06. The van der Waals surface area contributed by atoms with Gasteiger partial charge in [0, 0.05) is 23.0 Å². The summed E-state index contributed by atoms with van der Waals surface area (Å²) in [6.45, 7) is 6.02. The van der Waals surface area contributed by atoms with Gasteiger partial charge in [0.15, 0.2) is 11.7 Å². The topological polar surface area (TPSA) is 38.1 Å². The van der Waals surface area contributed by atoms with Crippen LogP contribution >= 0.6 is 15.9 Å². The average Bonchev–Trinajstić information content (AvgIpc) is 2.78. The second-order valence-electron chi connectivity index (χ2n) is 4.21. The minimum absolute atomic E-state index is 0.776. The van der Waals surface area contributed by atoms with Gasteiger partial charge in [-0.15, -0.1) is 0 Å². The lowest BCUT2D eigenvalue weighted by Crippen LogP contribution is -2.16. The zero-order valence-electron chi connectivity index (χ0n) is 10.7. The van der Waals surface area contributed by atoms with Crippen LogP contribution in [0.15, 0.2) is 33.3 Å². The van der Waals surface area contributed by atoms with Gasteiger partial charge in [0.1, 0.15) is 0 Å². The fraction of sp³-hybridized carbons (Fsp3) is 0.357. The number of likely N-dealkylation sites (N-methyl/N-ethyl adjacent to an activating group) is 1. The van der Waals surface area contributed by atoms with Crippen LogP contribution in [-0.2, 0) is 6.42 Å². The molecule has 1 heterocycles. The lowest BCUT2D eigenvalue weighted by molar-refractivity contribution is 0.497. The third-order valence-electron chi connectivity index (χ3n) is 2.71. The lowest BCUT2D eigenvalue weighted by Gasteiger charge is -2.01. The predicted molar refractivity (Wildman–Crippen MR) is 76.6 cm³/mol. The summed E-state index contributed by atoms with van der Waals surface area (Å²) in [6, 6.07) is 6.20. The van der Waals surface area contributed by atoms with Crippen molar-refractivity contribution in [1.29, 1.82) is 0 Å². The Morgan fingerprint density at radius 1 is 1.39 bits per heavy atom. The van der Waals surface area contributed by atoms with E-state index in [9.17, 15) is 0 Å². The highest BCUT2D eigenvalue weighted by Crippen LogP contribution is 2.29. The monoisotopic (exact) mass is 308 g/mol. The van der Waals surface area contributed by atoms with E-state index in [0.29, 0.717) is 0 Å². The maximum atomic E-state index is 5.76. The largest absolute Gasteiger partial charge is 0.441 e. The van der Waals surface area contributed by atoms with Crippen molar-refractivity contribution in [2.45, 2.75) is 20.3 Å². The van der Waals surface area contributed by atoms with Gasteiger partial charge in [0.25, 0.3) is 0 Å². The Balaban J connectivity index is 2.13. The van der Waals surface area contributed by atoms with Crippen LogP contribution < -0.4 is 5.32 Å². The average molecular weight is 309 g/mol. The van der Waals surface area contributed by atoms with Gasteiger partial charge in [-0.2, -0.15) is 0 Å². The summed E-state index contributed by atoms with van der Waals surface area (Å²) in [7, 11) is 0. The molecule has 18 heavy (non-hydrogen) atoms. The first-order chi connectivity index (χ1) is 8.70. The van der Waals surface area contributed by atoms with Crippen molar-refractivity contribution in [2.24, 2.45) is 0 Å². The van der Waals surface area contributed by atoms with Gasteiger partial charge in [-0.1, -0.05) is 28.9 Å². The summed E-state index contributed by atoms with van der Waals surface area (Å²) in [5.41, 5.74) is 2.26. The Morgan fingerprint density at radius 2 is 2.22 bits per heavy atom. The van der Waals surface area contributed by atoms with Gasteiger partial charge >= 0.3 is 0 Å². The lowest BCUT2D eigenvalue weighted by atomic mass is 10.1. The molecular formula is C14H17BrN2O. The molecular weight excluding hydrogens is 292 g/mol. The molecule has 96 valence electrons. The zero-order valence-corrected chi connectivity index (χ0v) is 12.3. The summed E-state index contributed by atoms with van der Waals surface area (Å²) < 4.78 is 6.79.